The fourth-order valence-corrected chi connectivity index (χ4v) is 2.76. The van der Waals surface area contributed by atoms with Gasteiger partial charge in [0.1, 0.15) is 5.52 Å². The fraction of sp³-hybridized carbons (Fsp3) is 0.105. The second-order valence-corrected chi connectivity index (χ2v) is 6.45. The maximum atomic E-state index is 12.1. The number of oxazole rings is 1. The number of amides is 1. The van der Waals surface area contributed by atoms with Crippen molar-refractivity contribution in [1.82, 2.24) is 4.98 Å². The highest BCUT2D eigenvalue weighted by molar-refractivity contribution is 6.35. The number of fused-ring (bicyclic) bond motifs is 1. The summed E-state index contributed by atoms with van der Waals surface area (Å²) in [5.41, 5.74) is 1.69. The molecule has 0 saturated heterocycles. The zero-order valence-corrected chi connectivity index (χ0v) is 15.6. The number of nitrogens with zero attached hydrogens (tertiary/aromatic N) is 1. The molecule has 3 aromatic rings. The van der Waals surface area contributed by atoms with Crippen LogP contribution in [-0.2, 0) is 14.3 Å². The van der Waals surface area contributed by atoms with Gasteiger partial charge in [0, 0.05) is 27.9 Å². The Labute approximate surface area is 164 Å². The normalized spacial score (nSPS) is 12.3. The van der Waals surface area contributed by atoms with E-state index in [-0.39, 0.29) is 5.89 Å². The maximum absolute atomic E-state index is 12.1. The predicted octanol–water partition coefficient (Wildman–Crippen LogP) is 4.72. The summed E-state index contributed by atoms with van der Waals surface area (Å²) >= 11 is 11.8. The maximum Gasteiger partial charge on any atom is 0.331 e. The third kappa shape index (κ3) is 5.09. The molecule has 0 saturated carbocycles. The Balaban J connectivity index is 1.58. The van der Waals surface area contributed by atoms with Gasteiger partial charge in [0.15, 0.2) is 11.7 Å². The molecule has 3 rings (SSSR count). The number of benzene rings is 2. The largest absolute Gasteiger partial charge is 0.449 e. The first kappa shape index (κ1) is 18.9. The van der Waals surface area contributed by atoms with E-state index in [1.165, 1.54) is 25.1 Å². The number of hydrogen-bond acceptors (Lipinski definition) is 5. The van der Waals surface area contributed by atoms with Crippen molar-refractivity contribution in [1.29, 1.82) is 0 Å². The van der Waals surface area contributed by atoms with E-state index < -0.39 is 18.0 Å². The highest BCUT2D eigenvalue weighted by Gasteiger charge is 2.17. The van der Waals surface area contributed by atoms with Crippen LogP contribution in [0.3, 0.4) is 0 Å². The minimum absolute atomic E-state index is 0.263. The summed E-state index contributed by atoms with van der Waals surface area (Å²) in [6.07, 6.45) is 1.50. The van der Waals surface area contributed by atoms with Gasteiger partial charge in [-0.2, -0.15) is 0 Å². The van der Waals surface area contributed by atoms with Crippen molar-refractivity contribution >= 4 is 57.9 Å². The Bertz CT molecular complexity index is 976. The minimum Gasteiger partial charge on any atom is -0.449 e. The van der Waals surface area contributed by atoms with Crippen molar-refractivity contribution < 1.29 is 18.7 Å². The highest BCUT2D eigenvalue weighted by Crippen LogP contribution is 2.22. The SMILES string of the molecule is C[C@H](OC(=O)/C=C/c1nc2ccccc2o1)C(=O)Nc1cc(Cl)cc(Cl)c1. The monoisotopic (exact) mass is 404 g/mol. The number of nitrogens with one attached hydrogen (secondary N) is 1. The van der Waals surface area contributed by atoms with Gasteiger partial charge in [-0.05, 0) is 37.3 Å². The Morgan fingerprint density at radius 2 is 1.89 bits per heavy atom. The number of esters is 1. The first-order chi connectivity index (χ1) is 12.9. The molecule has 6 nitrogen and oxygen atoms in total. The Morgan fingerprint density at radius 3 is 2.59 bits per heavy atom. The van der Waals surface area contributed by atoms with Crippen molar-refractivity contribution in [3.05, 3.63) is 64.5 Å². The van der Waals surface area contributed by atoms with Crippen molar-refractivity contribution in [3.63, 3.8) is 0 Å². The van der Waals surface area contributed by atoms with Crippen LogP contribution in [0.2, 0.25) is 10.0 Å². The molecular weight excluding hydrogens is 391 g/mol. The number of ether oxygens (including phenoxy) is 1. The zero-order chi connectivity index (χ0) is 19.4. The van der Waals surface area contributed by atoms with Crippen LogP contribution in [0.1, 0.15) is 12.8 Å². The summed E-state index contributed by atoms with van der Waals surface area (Å²) in [5.74, 6) is -0.959. The van der Waals surface area contributed by atoms with Crippen molar-refractivity contribution in [2.75, 3.05) is 5.32 Å². The van der Waals surface area contributed by atoms with Crippen LogP contribution in [0.15, 0.2) is 53.0 Å². The third-order valence-electron chi connectivity index (χ3n) is 3.46. The summed E-state index contributed by atoms with van der Waals surface area (Å²) in [7, 11) is 0. The molecule has 2 aromatic carbocycles. The Hall–Kier alpha value is -2.83. The van der Waals surface area contributed by atoms with Crippen LogP contribution < -0.4 is 5.32 Å². The molecule has 1 aromatic heterocycles. The van der Waals surface area contributed by atoms with Crippen molar-refractivity contribution in [2.24, 2.45) is 0 Å². The number of aromatic nitrogens is 1. The van der Waals surface area contributed by atoms with Crippen LogP contribution >= 0.6 is 23.2 Å². The zero-order valence-electron chi connectivity index (χ0n) is 14.1. The van der Waals surface area contributed by atoms with Gasteiger partial charge in [-0.3, -0.25) is 4.79 Å². The van der Waals surface area contributed by atoms with Gasteiger partial charge in [-0.15, -0.1) is 0 Å². The van der Waals surface area contributed by atoms with Gasteiger partial charge in [0.25, 0.3) is 5.91 Å². The van der Waals surface area contributed by atoms with Gasteiger partial charge in [0.05, 0.1) is 0 Å². The number of hydrogen-bond donors (Lipinski definition) is 1. The number of rotatable bonds is 5. The first-order valence-electron chi connectivity index (χ1n) is 7.92. The number of halogens is 2. The molecule has 8 heteroatoms. The lowest BCUT2D eigenvalue weighted by Gasteiger charge is -2.12. The summed E-state index contributed by atoms with van der Waals surface area (Å²) in [6.45, 7) is 1.45. The van der Waals surface area contributed by atoms with Gasteiger partial charge in [-0.25, -0.2) is 9.78 Å². The standard InChI is InChI=1S/C19H14Cl2N2O4/c1-11(19(25)22-14-9-12(20)8-13(21)10-14)26-18(24)7-6-17-23-15-4-2-3-5-16(15)27-17/h2-11H,1H3,(H,22,25)/b7-6+/t11-/m0/s1. The number of carbonyl (C=O) groups excluding carboxylic acids is 2. The summed E-state index contributed by atoms with van der Waals surface area (Å²) in [5, 5.41) is 3.34. The second kappa shape index (κ2) is 8.24. The van der Waals surface area contributed by atoms with Gasteiger partial charge >= 0.3 is 5.97 Å². The molecule has 0 aliphatic rings. The summed E-state index contributed by atoms with van der Waals surface area (Å²) < 4.78 is 10.5. The fourth-order valence-electron chi connectivity index (χ4n) is 2.24. The lowest BCUT2D eigenvalue weighted by molar-refractivity contribution is -0.148. The summed E-state index contributed by atoms with van der Waals surface area (Å²) in [4.78, 5) is 28.2. The number of carbonyl (C=O) groups is 2. The van der Waals surface area contributed by atoms with Gasteiger partial charge in [-0.1, -0.05) is 35.3 Å². The molecule has 0 aliphatic carbocycles. The molecule has 0 spiro atoms. The van der Waals surface area contributed by atoms with Crippen molar-refractivity contribution in [3.8, 4) is 0 Å². The van der Waals surface area contributed by atoms with Crippen LogP contribution in [0.25, 0.3) is 17.2 Å². The van der Waals surface area contributed by atoms with E-state index in [1.54, 1.807) is 18.2 Å². The average Bonchev–Trinajstić information content (AvgIpc) is 3.02. The van der Waals surface area contributed by atoms with E-state index in [9.17, 15) is 9.59 Å². The van der Waals surface area contributed by atoms with Crippen LogP contribution in [-0.4, -0.2) is 23.0 Å². The molecule has 138 valence electrons. The minimum atomic E-state index is -1.02. The highest BCUT2D eigenvalue weighted by atomic mass is 35.5. The lowest BCUT2D eigenvalue weighted by atomic mass is 10.3. The summed E-state index contributed by atoms with van der Waals surface area (Å²) in [6, 6.07) is 11.8. The smallest absolute Gasteiger partial charge is 0.331 e. The molecule has 0 bridgehead atoms. The predicted molar refractivity (Wildman–Crippen MR) is 104 cm³/mol. The molecule has 0 unspecified atom stereocenters. The quantitative estimate of drug-likeness (QED) is 0.491. The van der Waals surface area contributed by atoms with E-state index in [4.69, 9.17) is 32.4 Å². The molecular formula is C19H14Cl2N2O4. The van der Waals surface area contributed by atoms with E-state index in [0.29, 0.717) is 26.8 Å². The molecule has 1 N–H and O–H groups in total. The molecule has 27 heavy (non-hydrogen) atoms. The molecule has 0 aliphatic heterocycles. The molecule has 0 fully saturated rings. The Morgan fingerprint density at radius 1 is 1.19 bits per heavy atom. The molecule has 1 heterocycles. The average molecular weight is 405 g/mol. The molecule has 0 radical (unpaired) electrons. The third-order valence-corrected chi connectivity index (χ3v) is 3.90. The van der Waals surface area contributed by atoms with Crippen LogP contribution in [0.4, 0.5) is 5.69 Å². The van der Waals surface area contributed by atoms with Crippen LogP contribution in [0.5, 0.6) is 0 Å². The van der Waals surface area contributed by atoms with Gasteiger partial charge in [0.2, 0.25) is 5.89 Å². The van der Waals surface area contributed by atoms with E-state index in [1.807, 2.05) is 12.1 Å². The molecule has 1 amide bonds. The van der Waals surface area contributed by atoms with Crippen molar-refractivity contribution in [2.45, 2.75) is 13.0 Å². The topological polar surface area (TPSA) is 81.4 Å². The number of para-hydroxylation sites is 2. The van der Waals surface area contributed by atoms with Crippen LogP contribution in [0, 0.1) is 0 Å². The van der Waals surface area contributed by atoms with E-state index in [0.717, 1.165) is 6.08 Å². The van der Waals surface area contributed by atoms with E-state index >= 15 is 0 Å². The first-order valence-corrected chi connectivity index (χ1v) is 8.67. The van der Waals surface area contributed by atoms with E-state index in [2.05, 4.69) is 10.3 Å². The molecule has 1 atom stereocenters. The second-order valence-electron chi connectivity index (χ2n) is 5.58. The Kier molecular flexibility index (Phi) is 5.78. The number of anilines is 1. The van der Waals surface area contributed by atoms with Gasteiger partial charge < -0.3 is 14.5 Å². The lowest BCUT2D eigenvalue weighted by Crippen LogP contribution is -2.29.